The van der Waals surface area contributed by atoms with E-state index < -0.39 is 5.95 Å². The molecule has 0 aromatic carbocycles. The maximum Gasteiger partial charge on any atom is 0.228 e. The molecule has 88 valence electrons. The molecule has 16 heavy (non-hydrogen) atoms. The number of hydrogen-bond donors (Lipinski definition) is 2. The van der Waals surface area contributed by atoms with Crippen LogP contribution in [0.15, 0.2) is 18.2 Å². The van der Waals surface area contributed by atoms with E-state index in [1.165, 1.54) is 12.1 Å². The zero-order chi connectivity index (χ0) is 12.0. The summed E-state index contributed by atoms with van der Waals surface area (Å²) in [6, 6.07) is 4.28. The summed E-state index contributed by atoms with van der Waals surface area (Å²) in [7, 11) is 0. The van der Waals surface area contributed by atoms with Crippen molar-refractivity contribution in [2.75, 3.05) is 11.9 Å². The number of nitrogens with one attached hydrogen (secondary N) is 1. The Morgan fingerprint density at radius 2 is 2.38 bits per heavy atom. The predicted octanol–water partition coefficient (Wildman–Crippen LogP) is 1.53. The monoisotopic (exact) mass is 225 g/mol. The molecule has 0 aliphatic carbocycles. The lowest BCUT2D eigenvalue weighted by Crippen LogP contribution is -2.21. The Hall–Kier alpha value is -1.49. The van der Waals surface area contributed by atoms with Crippen LogP contribution in [-0.4, -0.2) is 17.4 Å². The van der Waals surface area contributed by atoms with Gasteiger partial charge in [0.15, 0.2) is 0 Å². The van der Waals surface area contributed by atoms with Crippen LogP contribution in [0.1, 0.15) is 19.8 Å². The fraction of sp³-hybridized carbons (Fsp3) is 0.455. The van der Waals surface area contributed by atoms with E-state index in [1.54, 1.807) is 6.07 Å². The van der Waals surface area contributed by atoms with Crippen molar-refractivity contribution in [3.63, 3.8) is 0 Å². The number of aromatic nitrogens is 1. The Kier molecular flexibility index (Phi) is 4.85. The van der Waals surface area contributed by atoms with Gasteiger partial charge in [-0.25, -0.2) is 4.98 Å². The normalized spacial score (nSPS) is 12.2. The van der Waals surface area contributed by atoms with Gasteiger partial charge in [0, 0.05) is 5.92 Å². The average molecular weight is 225 g/mol. The number of hydrogen-bond acceptors (Lipinski definition) is 3. The van der Waals surface area contributed by atoms with E-state index in [-0.39, 0.29) is 17.6 Å². The second kappa shape index (κ2) is 6.17. The number of pyridine rings is 1. The Morgan fingerprint density at radius 1 is 1.62 bits per heavy atom. The van der Waals surface area contributed by atoms with E-state index in [4.69, 9.17) is 5.73 Å². The highest BCUT2D eigenvalue weighted by Crippen LogP contribution is 2.09. The lowest BCUT2D eigenvalue weighted by molar-refractivity contribution is -0.119. The van der Waals surface area contributed by atoms with Crippen molar-refractivity contribution in [1.29, 1.82) is 0 Å². The first kappa shape index (κ1) is 12.6. The third-order valence-electron chi connectivity index (χ3n) is 2.26. The van der Waals surface area contributed by atoms with Crippen LogP contribution in [0.4, 0.5) is 10.2 Å². The number of rotatable bonds is 5. The molecule has 0 saturated heterocycles. The van der Waals surface area contributed by atoms with Crippen molar-refractivity contribution in [2.24, 2.45) is 11.7 Å². The van der Waals surface area contributed by atoms with Crippen LogP contribution in [0.3, 0.4) is 0 Å². The zero-order valence-electron chi connectivity index (χ0n) is 9.24. The first-order chi connectivity index (χ1) is 7.63. The summed E-state index contributed by atoms with van der Waals surface area (Å²) >= 11 is 0. The van der Waals surface area contributed by atoms with Crippen molar-refractivity contribution in [1.82, 2.24) is 4.98 Å². The van der Waals surface area contributed by atoms with Gasteiger partial charge in [0.2, 0.25) is 11.9 Å². The van der Waals surface area contributed by atoms with Crippen LogP contribution in [0.5, 0.6) is 0 Å². The summed E-state index contributed by atoms with van der Waals surface area (Å²) in [5.41, 5.74) is 5.36. The molecule has 1 heterocycles. The van der Waals surface area contributed by atoms with Gasteiger partial charge in [-0.05, 0) is 31.5 Å². The second-order valence-corrected chi connectivity index (χ2v) is 3.67. The molecular formula is C11H16FN3O. The molecule has 1 amide bonds. The molecule has 0 saturated carbocycles. The molecule has 0 radical (unpaired) electrons. The first-order valence-corrected chi connectivity index (χ1v) is 5.27. The van der Waals surface area contributed by atoms with E-state index in [9.17, 15) is 9.18 Å². The fourth-order valence-corrected chi connectivity index (χ4v) is 1.28. The van der Waals surface area contributed by atoms with Crippen molar-refractivity contribution >= 4 is 11.7 Å². The van der Waals surface area contributed by atoms with Crippen molar-refractivity contribution in [3.05, 3.63) is 24.1 Å². The Balaban J connectivity index is 2.50. The molecule has 1 aromatic heterocycles. The van der Waals surface area contributed by atoms with Crippen LogP contribution in [0.25, 0.3) is 0 Å². The molecule has 0 bridgehead atoms. The van der Waals surface area contributed by atoms with Gasteiger partial charge in [-0.15, -0.1) is 0 Å². The molecule has 1 unspecified atom stereocenters. The van der Waals surface area contributed by atoms with Crippen LogP contribution in [0.2, 0.25) is 0 Å². The maximum atomic E-state index is 12.7. The number of amides is 1. The van der Waals surface area contributed by atoms with Gasteiger partial charge in [-0.2, -0.15) is 4.39 Å². The average Bonchev–Trinajstić information content (AvgIpc) is 2.25. The molecule has 0 aliphatic heterocycles. The highest BCUT2D eigenvalue weighted by atomic mass is 19.1. The number of carbonyl (C=O) groups is 1. The quantitative estimate of drug-likeness (QED) is 0.747. The van der Waals surface area contributed by atoms with E-state index in [0.717, 1.165) is 12.8 Å². The number of nitrogens with two attached hydrogens (primary N) is 1. The molecular weight excluding hydrogens is 209 g/mol. The van der Waals surface area contributed by atoms with E-state index >= 15 is 0 Å². The molecule has 0 fully saturated rings. The lowest BCUT2D eigenvalue weighted by Gasteiger charge is -2.10. The van der Waals surface area contributed by atoms with Gasteiger partial charge >= 0.3 is 0 Å². The van der Waals surface area contributed by atoms with Gasteiger partial charge in [0.1, 0.15) is 5.82 Å². The van der Waals surface area contributed by atoms with Gasteiger partial charge in [0.05, 0.1) is 0 Å². The Bertz CT molecular complexity index is 357. The highest BCUT2D eigenvalue weighted by Gasteiger charge is 2.12. The highest BCUT2D eigenvalue weighted by molar-refractivity contribution is 5.91. The summed E-state index contributed by atoms with van der Waals surface area (Å²) in [4.78, 5) is 15.2. The lowest BCUT2D eigenvalue weighted by atomic mass is 10.1. The topological polar surface area (TPSA) is 68.0 Å². The molecule has 1 aromatic rings. The smallest absolute Gasteiger partial charge is 0.228 e. The van der Waals surface area contributed by atoms with E-state index in [1.807, 2.05) is 6.92 Å². The van der Waals surface area contributed by atoms with Crippen LogP contribution < -0.4 is 11.1 Å². The molecule has 0 aliphatic rings. The minimum absolute atomic E-state index is 0.145. The number of anilines is 1. The van der Waals surface area contributed by atoms with Gasteiger partial charge in [-0.3, -0.25) is 4.79 Å². The number of halogens is 1. The summed E-state index contributed by atoms with van der Waals surface area (Å²) in [6.07, 6.45) is 1.52. The molecule has 4 nitrogen and oxygen atoms in total. The van der Waals surface area contributed by atoms with Gasteiger partial charge in [0.25, 0.3) is 0 Å². The van der Waals surface area contributed by atoms with Crippen LogP contribution in [-0.2, 0) is 4.79 Å². The Morgan fingerprint density at radius 3 is 3.00 bits per heavy atom. The minimum Gasteiger partial charge on any atom is -0.330 e. The summed E-state index contributed by atoms with van der Waals surface area (Å²) in [5.74, 6) is -0.669. The SMILES string of the molecule is CC(CCCN)C(=O)Nc1cccc(F)n1. The third-order valence-corrected chi connectivity index (χ3v) is 2.26. The van der Waals surface area contributed by atoms with Crippen molar-refractivity contribution < 1.29 is 9.18 Å². The number of carbonyl (C=O) groups excluding carboxylic acids is 1. The molecule has 5 heteroatoms. The zero-order valence-corrected chi connectivity index (χ0v) is 9.24. The molecule has 3 N–H and O–H groups in total. The summed E-state index contributed by atoms with van der Waals surface area (Å²) < 4.78 is 12.7. The molecule has 0 spiro atoms. The fourth-order valence-electron chi connectivity index (χ4n) is 1.28. The van der Waals surface area contributed by atoms with E-state index in [0.29, 0.717) is 6.54 Å². The molecule has 1 atom stereocenters. The van der Waals surface area contributed by atoms with Gasteiger partial charge < -0.3 is 11.1 Å². The Labute approximate surface area is 94.1 Å². The third kappa shape index (κ3) is 3.94. The summed E-state index contributed by atoms with van der Waals surface area (Å²) in [6.45, 7) is 2.38. The van der Waals surface area contributed by atoms with Crippen molar-refractivity contribution in [3.8, 4) is 0 Å². The predicted molar refractivity (Wildman–Crippen MR) is 60.3 cm³/mol. The molecule has 1 rings (SSSR count). The number of nitrogens with zero attached hydrogens (tertiary/aromatic N) is 1. The minimum atomic E-state index is -0.604. The van der Waals surface area contributed by atoms with Crippen LogP contribution in [0, 0.1) is 11.9 Å². The van der Waals surface area contributed by atoms with Crippen LogP contribution >= 0.6 is 0 Å². The standard InChI is InChI=1S/C11H16FN3O/c1-8(4-3-7-13)11(16)15-10-6-2-5-9(12)14-10/h2,5-6,8H,3-4,7,13H2,1H3,(H,14,15,16). The largest absolute Gasteiger partial charge is 0.330 e. The van der Waals surface area contributed by atoms with E-state index in [2.05, 4.69) is 10.3 Å². The van der Waals surface area contributed by atoms with Crippen molar-refractivity contribution in [2.45, 2.75) is 19.8 Å². The van der Waals surface area contributed by atoms with Gasteiger partial charge in [-0.1, -0.05) is 13.0 Å². The first-order valence-electron chi connectivity index (χ1n) is 5.27. The summed E-state index contributed by atoms with van der Waals surface area (Å²) in [5, 5.41) is 2.56. The maximum absolute atomic E-state index is 12.7. The second-order valence-electron chi connectivity index (χ2n) is 3.67.